The van der Waals surface area contributed by atoms with Crippen molar-refractivity contribution in [3.8, 4) is 0 Å². The van der Waals surface area contributed by atoms with E-state index in [9.17, 15) is 9.59 Å². The van der Waals surface area contributed by atoms with E-state index in [1.807, 2.05) is 19.9 Å². The van der Waals surface area contributed by atoms with Crippen LogP contribution in [0.1, 0.15) is 11.1 Å². The van der Waals surface area contributed by atoms with Crippen molar-refractivity contribution in [2.24, 2.45) is 11.8 Å². The Morgan fingerprint density at radius 3 is 1.73 bits per heavy atom. The van der Waals surface area contributed by atoms with Crippen LogP contribution in [0.15, 0.2) is 28.3 Å². The Hall–Kier alpha value is -0.160. The summed E-state index contributed by atoms with van der Waals surface area (Å²) in [5.74, 6) is -3.32. The minimum atomic E-state index is -1.91. The van der Waals surface area contributed by atoms with Crippen LogP contribution >= 0.6 is 69.6 Å². The van der Waals surface area contributed by atoms with Gasteiger partial charge in [0.15, 0.2) is 4.33 Å². The molecule has 4 rings (SSSR count). The van der Waals surface area contributed by atoms with E-state index in [-0.39, 0.29) is 10.1 Å². The highest BCUT2D eigenvalue weighted by molar-refractivity contribution is 6.67. The predicted molar refractivity (Wildman–Crippen MR) is 106 cm³/mol. The Morgan fingerprint density at radius 1 is 0.846 bits per heavy atom. The monoisotopic (exact) mass is 471 g/mol. The Morgan fingerprint density at radius 2 is 1.31 bits per heavy atom. The average Bonchev–Trinajstić information content (AvgIpc) is 2.95. The number of rotatable bonds is 1. The molecule has 0 N–H and O–H groups in total. The maximum Gasteiger partial charge on any atom is 0.240 e. The lowest BCUT2D eigenvalue weighted by molar-refractivity contribution is -0.123. The number of carbonyl (C=O) groups is 2. The summed E-state index contributed by atoms with van der Waals surface area (Å²) in [5.41, 5.74) is 2.39. The van der Waals surface area contributed by atoms with Gasteiger partial charge in [-0.05, 0) is 37.1 Å². The minimum Gasteiger partial charge on any atom is -0.274 e. The zero-order valence-corrected chi connectivity index (χ0v) is 18.0. The number of amides is 2. The maximum atomic E-state index is 13.2. The molecule has 138 valence electrons. The van der Waals surface area contributed by atoms with Crippen LogP contribution in [0.3, 0.4) is 0 Å². The molecular formula is C17H11Cl6NO2. The van der Waals surface area contributed by atoms with Gasteiger partial charge >= 0.3 is 0 Å². The molecule has 2 fully saturated rings. The van der Waals surface area contributed by atoms with Gasteiger partial charge in [-0.25, -0.2) is 4.90 Å². The van der Waals surface area contributed by atoms with Crippen molar-refractivity contribution < 1.29 is 9.59 Å². The maximum absolute atomic E-state index is 13.2. The van der Waals surface area contributed by atoms with Crippen LogP contribution in [0.25, 0.3) is 0 Å². The van der Waals surface area contributed by atoms with Crippen molar-refractivity contribution in [1.82, 2.24) is 0 Å². The van der Waals surface area contributed by atoms with Gasteiger partial charge in [-0.1, -0.05) is 52.5 Å². The topological polar surface area (TPSA) is 37.4 Å². The fourth-order valence-corrected chi connectivity index (χ4v) is 7.04. The van der Waals surface area contributed by atoms with Crippen molar-refractivity contribution in [2.45, 2.75) is 27.9 Å². The normalized spacial score (nSPS) is 37.8. The largest absolute Gasteiger partial charge is 0.274 e. The lowest BCUT2D eigenvalue weighted by atomic mass is 9.84. The van der Waals surface area contributed by atoms with Crippen LogP contribution < -0.4 is 4.90 Å². The van der Waals surface area contributed by atoms with Gasteiger partial charge in [-0.3, -0.25) is 9.59 Å². The smallest absolute Gasteiger partial charge is 0.240 e. The van der Waals surface area contributed by atoms with E-state index in [0.717, 1.165) is 16.0 Å². The molecule has 0 spiro atoms. The lowest BCUT2D eigenvalue weighted by Gasteiger charge is -2.34. The van der Waals surface area contributed by atoms with Gasteiger partial charge in [0.2, 0.25) is 11.8 Å². The van der Waals surface area contributed by atoms with Crippen LogP contribution in [0, 0.1) is 25.7 Å². The Labute approximate surface area is 180 Å². The van der Waals surface area contributed by atoms with Gasteiger partial charge in [-0.15, -0.1) is 23.2 Å². The van der Waals surface area contributed by atoms with E-state index < -0.39 is 37.7 Å². The third-order valence-electron chi connectivity index (χ3n) is 5.66. The Balaban J connectivity index is 1.90. The Kier molecular flexibility index (Phi) is 4.03. The molecule has 1 heterocycles. The van der Waals surface area contributed by atoms with Gasteiger partial charge in [-0.2, -0.15) is 0 Å². The summed E-state index contributed by atoms with van der Waals surface area (Å²) in [5, 5.41) is -0.185. The molecule has 4 atom stereocenters. The van der Waals surface area contributed by atoms with Crippen molar-refractivity contribution in [3.05, 3.63) is 39.4 Å². The molecule has 0 aromatic heterocycles. The first-order chi connectivity index (χ1) is 11.9. The van der Waals surface area contributed by atoms with Crippen LogP contribution in [0.5, 0.6) is 0 Å². The highest BCUT2D eigenvalue weighted by Gasteiger charge is 2.87. The van der Waals surface area contributed by atoms with Gasteiger partial charge in [0.05, 0.1) is 27.6 Å². The number of nitrogens with zero attached hydrogens (tertiary/aromatic N) is 1. The zero-order valence-electron chi connectivity index (χ0n) is 13.4. The average molecular weight is 474 g/mol. The molecule has 2 amide bonds. The highest BCUT2D eigenvalue weighted by atomic mass is 35.5. The molecular weight excluding hydrogens is 463 g/mol. The molecule has 1 aromatic rings. The van der Waals surface area contributed by atoms with Gasteiger partial charge in [0.25, 0.3) is 0 Å². The molecule has 1 aliphatic heterocycles. The number of allylic oxidation sites excluding steroid dienone is 2. The molecule has 3 aliphatic rings. The molecule has 3 nitrogen and oxygen atoms in total. The fourth-order valence-electron chi connectivity index (χ4n) is 4.11. The molecule has 1 saturated heterocycles. The number of fused-ring (bicyclic) bond motifs is 5. The third-order valence-corrected chi connectivity index (χ3v) is 9.92. The highest BCUT2D eigenvalue weighted by Crippen LogP contribution is 2.77. The van der Waals surface area contributed by atoms with Crippen molar-refractivity contribution in [2.75, 3.05) is 4.90 Å². The first kappa shape index (κ1) is 19.2. The number of hydrogen-bond donors (Lipinski definition) is 0. The van der Waals surface area contributed by atoms with Crippen LogP contribution in [-0.4, -0.2) is 25.9 Å². The molecule has 2 aliphatic carbocycles. The number of benzene rings is 1. The fraction of sp³-hybridized carbons (Fsp3) is 0.412. The van der Waals surface area contributed by atoms with E-state index >= 15 is 0 Å². The summed E-state index contributed by atoms with van der Waals surface area (Å²) in [4.78, 5) is 23.9. The summed E-state index contributed by atoms with van der Waals surface area (Å²) in [7, 11) is 0. The van der Waals surface area contributed by atoms with Crippen molar-refractivity contribution >= 4 is 87.1 Å². The molecule has 0 radical (unpaired) electrons. The van der Waals surface area contributed by atoms with E-state index in [1.165, 1.54) is 0 Å². The van der Waals surface area contributed by atoms with Gasteiger partial charge in [0.1, 0.15) is 9.75 Å². The number of imide groups is 1. The van der Waals surface area contributed by atoms with E-state index in [4.69, 9.17) is 69.6 Å². The first-order valence-corrected chi connectivity index (χ1v) is 9.96. The molecule has 2 bridgehead atoms. The number of alkyl halides is 4. The SMILES string of the molecule is Cc1ccc(N2C(=O)[C@H]3[C@H](C2=O)[C@@]2(Cl)C(Cl)=C(Cl)[C@@]3(Cl)C2(Cl)Cl)cc1C. The minimum absolute atomic E-state index is 0.0924. The number of anilines is 1. The Bertz CT molecular complexity index is 882. The summed E-state index contributed by atoms with van der Waals surface area (Å²) in [6, 6.07) is 5.27. The predicted octanol–water partition coefficient (Wildman–Crippen LogP) is 5.25. The van der Waals surface area contributed by atoms with Crippen LogP contribution in [0.2, 0.25) is 0 Å². The van der Waals surface area contributed by atoms with Gasteiger partial charge in [0, 0.05) is 0 Å². The summed E-state index contributed by atoms with van der Waals surface area (Å²) in [6.45, 7) is 3.82. The molecule has 1 saturated carbocycles. The summed E-state index contributed by atoms with van der Waals surface area (Å²) >= 11 is 38.8. The van der Waals surface area contributed by atoms with Crippen LogP contribution in [0.4, 0.5) is 5.69 Å². The molecule has 0 unspecified atom stereocenters. The first-order valence-electron chi connectivity index (χ1n) is 7.69. The number of carbonyl (C=O) groups excluding carboxylic acids is 2. The van der Waals surface area contributed by atoms with Crippen molar-refractivity contribution in [3.63, 3.8) is 0 Å². The van der Waals surface area contributed by atoms with Gasteiger partial charge < -0.3 is 0 Å². The van der Waals surface area contributed by atoms with E-state index in [0.29, 0.717) is 5.69 Å². The molecule has 9 heteroatoms. The zero-order chi connectivity index (χ0) is 19.4. The van der Waals surface area contributed by atoms with E-state index in [1.54, 1.807) is 12.1 Å². The van der Waals surface area contributed by atoms with Crippen LogP contribution in [-0.2, 0) is 9.59 Å². The lowest BCUT2D eigenvalue weighted by Crippen LogP contribution is -2.50. The second kappa shape index (κ2) is 5.46. The molecule has 1 aromatic carbocycles. The number of hydrogen-bond acceptors (Lipinski definition) is 2. The summed E-state index contributed by atoms with van der Waals surface area (Å²) in [6.07, 6.45) is 0. The standard InChI is InChI=1S/C17H11Cl6NO2/c1-6-3-4-8(5-7(6)2)24-13(25)9-10(14(24)26)16(21)12(19)11(18)15(9,20)17(16,22)23/h3-5,9-10H,1-2H3/t9-,10-,15-,16-/m1/s1. The summed E-state index contributed by atoms with van der Waals surface area (Å²) < 4.78 is -1.91. The molecule has 26 heavy (non-hydrogen) atoms. The third kappa shape index (κ3) is 1.81. The number of aryl methyl sites for hydroxylation is 2. The number of halogens is 6. The quantitative estimate of drug-likeness (QED) is 0.412. The second-order valence-corrected chi connectivity index (χ2v) is 10.1. The second-order valence-electron chi connectivity index (χ2n) is 6.86. The van der Waals surface area contributed by atoms with E-state index in [2.05, 4.69) is 0 Å². The van der Waals surface area contributed by atoms with Crippen molar-refractivity contribution in [1.29, 1.82) is 0 Å².